The standard InChI is InChI=1S/C15H20O4/c1-10(2)15(13(16)18-5)14(3,19-15)11-7-6-8-12(9-11)17-4/h6-10H,1-5H3. The van der Waals surface area contributed by atoms with Crippen molar-refractivity contribution in [3.05, 3.63) is 29.8 Å². The van der Waals surface area contributed by atoms with Crippen LogP contribution < -0.4 is 4.74 Å². The molecule has 0 aromatic heterocycles. The Kier molecular flexibility index (Phi) is 3.31. The van der Waals surface area contributed by atoms with Gasteiger partial charge in [-0.3, -0.25) is 0 Å². The Hall–Kier alpha value is -1.55. The first-order chi connectivity index (χ1) is 8.92. The van der Waals surface area contributed by atoms with E-state index in [-0.39, 0.29) is 11.9 Å². The normalized spacial score (nSPS) is 29.2. The van der Waals surface area contributed by atoms with E-state index in [1.807, 2.05) is 45.0 Å². The van der Waals surface area contributed by atoms with Gasteiger partial charge in [-0.2, -0.15) is 0 Å². The molecule has 1 heterocycles. The molecule has 1 fully saturated rings. The molecule has 1 aromatic rings. The van der Waals surface area contributed by atoms with E-state index in [4.69, 9.17) is 14.2 Å². The molecule has 1 aliphatic rings. The van der Waals surface area contributed by atoms with Gasteiger partial charge in [-0.1, -0.05) is 26.0 Å². The average molecular weight is 264 g/mol. The molecule has 19 heavy (non-hydrogen) atoms. The van der Waals surface area contributed by atoms with Crippen LogP contribution in [0, 0.1) is 5.92 Å². The van der Waals surface area contributed by atoms with Crippen molar-refractivity contribution in [2.45, 2.75) is 32.0 Å². The van der Waals surface area contributed by atoms with E-state index in [1.54, 1.807) is 7.11 Å². The predicted octanol–water partition coefficient (Wildman–Crippen LogP) is 2.51. The lowest BCUT2D eigenvalue weighted by Gasteiger charge is -2.19. The predicted molar refractivity (Wildman–Crippen MR) is 71.0 cm³/mol. The van der Waals surface area contributed by atoms with Crippen LogP contribution in [0.4, 0.5) is 0 Å². The number of methoxy groups -OCH3 is 2. The van der Waals surface area contributed by atoms with Gasteiger partial charge in [-0.25, -0.2) is 4.79 Å². The molecule has 0 aliphatic carbocycles. The SMILES string of the molecule is COC(=O)C1(C(C)C)OC1(C)c1cccc(OC)c1. The fourth-order valence-electron chi connectivity index (χ4n) is 2.78. The summed E-state index contributed by atoms with van der Waals surface area (Å²) < 4.78 is 16.0. The van der Waals surface area contributed by atoms with Crippen molar-refractivity contribution in [2.24, 2.45) is 5.92 Å². The number of carbonyl (C=O) groups is 1. The summed E-state index contributed by atoms with van der Waals surface area (Å²) in [6, 6.07) is 7.59. The molecule has 4 heteroatoms. The van der Waals surface area contributed by atoms with Crippen LogP contribution in [0.25, 0.3) is 0 Å². The van der Waals surface area contributed by atoms with Gasteiger partial charge in [-0.05, 0) is 30.5 Å². The van der Waals surface area contributed by atoms with Crippen LogP contribution in [0.1, 0.15) is 26.3 Å². The van der Waals surface area contributed by atoms with E-state index >= 15 is 0 Å². The molecule has 1 saturated heterocycles. The quantitative estimate of drug-likeness (QED) is 0.619. The van der Waals surface area contributed by atoms with Gasteiger partial charge in [0.05, 0.1) is 14.2 Å². The summed E-state index contributed by atoms with van der Waals surface area (Å²) in [4.78, 5) is 12.1. The van der Waals surface area contributed by atoms with Crippen molar-refractivity contribution in [3.8, 4) is 5.75 Å². The second-order valence-corrected chi connectivity index (χ2v) is 5.25. The van der Waals surface area contributed by atoms with Crippen molar-refractivity contribution < 1.29 is 19.0 Å². The molecule has 0 radical (unpaired) electrons. The third-order valence-electron chi connectivity index (χ3n) is 3.95. The van der Waals surface area contributed by atoms with E-state index in [1.165, 1.54) is 7.11 Å². The van der Waals surface area contributed by atoms with Gasteiger partial charge in [0, 0.05) is 0 Å². The van der Waals surface area contributed by atoms with Gasteiger partial charge in [0.15, 0.2) is 0 Å². The first kappa shape index (κ1) is 13.9. The molecule has 4 nitrogen and oxygen atoms in total. The van der Waals surface area contributed by atoms with Crippen molar-refractivity contribution in [3.63, 3.8) is 0 Å². The number of epoxide rings is 1. The summed E-state index contributed by atoms with van der Waals surface area (Å²) in [6.45, 7) is 5.84. The monoisotopic (exact) mass is 264 g/mol. The number of hydrogen-bond donors (Lipinski definition) is 0. The molecule has 1 aliphatic heterocycles. The number of benzene rings is 1. The largest absolute Gasteiger partial charge is 0.497 e. The van der Waals surface area contributed by atoms with E-state index in [0.717, 1.165) is 11.3 Å². The lowest BCUT2D eigenvalue weighted by molar-refractivity contribution is -0.148. The number of ether oxygens (including phenoxy) is 3. The molecule has 0 saturated carbocycles. The van der Waals surface area contributed by atoms with Crippen LogP contribution in [0.3, 0.4) is 0 Å². The van der Waals surface area contributed by atoms with Gasteiger partial charge in [0.25, 0.3) is 0 Å². The van der Waals surface area contributed by atoms with Crippen molar-refractivity contribution in [1.82, 2.24) is 0 Å². The zero-order valence-corrected chi connectivity index (χ0v) is 12.0. The van der Waals surface area contributed by atoms with Gasteiger partial charge in [0.2, 0.25) is 5.60 Å². The first-order valence-corrected chi connectivity index (χ1v) is 6.35. The summed E-state index contributed by atoms with van der Waals surface area (Å²) in [5, 5.41) is 0. The summed E-state index contributed by atoms with van der Waals surface area (Å²) in [5.74, 6) is 0.445. The molecule has 2 atom stereocenters. The number of rotatable bonds is 4. The average Bonchev–Trinajstić information content (AvgIpc) is 3.07. The molecule has 0 N–H and O–H groups in total. The highest BCUT2D eigenvalue weighted by Gasteiger charge is 2.75. The van der Waals surface area contributed by atoms with Gasteiger partial charge in [-0.15, -0.1) is 0 Å². The topological polar surface area (TPSA) is 48.1 Å². The Labute approximate surface area is 113 Å². The first-order valence-electron chi connectivity index (χ1n) is 6.35. The van der Waals surface area contributed by atoms with E-state index < -0.39 is 11.2 Å². The lowest BCUT2D eigenvalue weighted by atomic mass is 9.80. The molecule has 2 unspecified atom stereocenters. The van der Waals surface area contributed by atoms with Crippen LogP contribution in [0.2, 0.25) is 0 Å². The van der Waals surface area contributed by atoms with Gasteiger partial charge >= 0.3 is 5.97 Å². The van der Waals surface area contributed by atoms with E-state index in [0.29, 0.717) is 0 Å². The fraction of sp³-hybridized carbons (Fsp3) is 0.533. The van der Waals surface area contributed by atoms with E-state index in [9.17, 15) is 4.79 Å². The third kappa shape index (κ3) is 1.82. The highest BCUT2D eigenvalue weighted by atomic mass is 16.7. The van der Waals surface area contributed by atoms with Crippen molar-refractivity contribution in [2.75, 3.05) is 14.2 Å². The summed E-state index contributed by atoms with van der Waals surface area (Å²) in [6.07, 6.45) is 0. The maximum absolute atomic E-state index is 12.1. The molecule has 104 valence electrons. The Morgan fingerprint density at radius 2 is 2.00 bits per heavy atom. The van der Waals surface area contributed by atoms with Gasteiger partial charge < -0.3 is 14.2 Å². The second-order valence-electron chi connectivity index (χ2n) is 5.25. The van der Waals surface area contributed by atoms with Crippen LogP contribution in [0.15, 0.2) is 24.3 Å². The maximum Gasteiger partial charge on any atom is 0.341 e. The smallest absolute Gasteiger partial charge is 0.341 e. The van der Waals surface area contributed by atoms with Crippen LogP contribution in [-0.2, 0) is 19.9 Å². The zero-order chi connectivity index (χ0) is 14.3. The summed E-state index contributed by atoms with van der Waals surface area (Å²) >= 11 is 0. The number of carbonyl (C=O) groups excluding carboxylic acids is 1. The molecule has 0 spiro atoms. The molecule has 0 bridgehead atoms. The molecule has 2 rings (SSSR count). The molecule has 1 aromatic carbocycles. The van der Waals surface area contributed by atoms with Crippen LogP contribution in [-0.4, -0.2) is 25.8 Å². The minimum absolute atomic E-state index is 0.0242. The zero-order valence-electron chi connectivity index (χ0n) is 12.0. The second kappa shape index (κ2) is 4.53. The lowest BCUT2D eigenvalue weighted by Crippen LogP contribution is -2.37. The van der Waals surface area contributed by atoms with Crippen LogP contribution in [0.5, 0.6) is 5.75 Å². The molecular formula is C15H20O4. The maximum atomic E-state index is 12.1. The van der Waals surface area contributed by atoms with Crippen LogP contribution >= 0.6 is 0 Å². The highest BCUT2D eigenvalue weighted by Crippen LogP contribution is 2.60. The van der Waals surface area contributed by atoms with E-state index in [2.05, 4.69) is 0 Å². The Bertz CT molecular complexity index is 497. The third-order valence-corrected chi connectivity index (χ3v) is 3.95. The van der Waals surface area contributed by atoms with Crippen molar-refractivity contribution in [1.29, 1.82) is 0 Å². The minimum Gasteiger partial charge on any atom is -0.497 e. The molecule has 0 amide bonds. The Balaban J connectivity index is 2.42. The molecular weight excluding hydrogens is 244 g/mol. The number of esters is 1. The Morgan fingerprint density at radius 3 is 2.53 bits per heavy atom. The summed E-state index contributed by atoms with van der Waals surface area (Å²) in [5.41, 5.74) is -0.650. The van der Waals surface area contributed by atoms with Crippen molar-refractivity contribution >= 4 is 5.97 Å². The highest BCUT2D eigenvalue weighted by molar-refractivity contribution is 5.85. The fourth-order valence-corrected chi connectivity index (χ4v) is 2.78. The minimum atomic E-state index is -0.909. The van der Waals surface area contributed by atoms with Gasteiger partial charge in [0.1, 0.15) is 11.4 Å². The number of hydrogen-bond acceptors (Lipinski definition) is 4. The Morgan fingerprint density at radius 1 is 1.32 bits per heavy atom. The summed E-state index contributed by atoms with van der Waals surface area (Å²) in [7, 11) is 3.01.